The highest BCUT2D eigenvalue weighted by atomic mass is 16.7. The number of benzene rings is 1. The fraction of sp³-hybridized carbons (Fsp3) is 0.300. The summed E-state index contributed by atoms with van der Waals surface area (Å²) in [6.07, 6.45) is 3.54. The van der Waals surface area contributed by atoms with Crippen LogP contribution in [-0.4, -0.2) is 29.6 Å². The molecule has 3 rings (SSSR count). The van der Waals surface area contributed by atoms with Crippen molar-refractivity contribution in [2.75, 3.05) is 13.8 Å². The number of hydrogen-bond acceptors (Lipinski definition) is 4. The molecule has 0 fully saturated rings. The summed E-state index contributed by atoms with van der Waals surface area (Å²) in [6, 6.07) is 11.1. The standard InChI is InChI=1S/C20H20N2O3/c1-3-6-17(16-7-4-5-12-21-16)22(2)20(23)11-9-15-8-10-18-19(13-15)25-14-24-18/h4-5,7-8,10,12-13,17H,3,6,14H2,1-2H3/t17-/m1/s1. The summed E-state index contributed by atoms with van der Waals surface area (Å²) in [7, 11) is 1.77. The van der Waals surface area contributed by atoms with Crippen molar-refractivity contribution in [3.05, 3.63) is 53.9 Å². The molecule has 0 unspecified atom stereocenters. The minimum atomic E-state index is -0.234. The molecule has 0 aliphatic carbocycles. The van der Waals surface area contributed by atoms with Gasteiger partial charge in [0.15, 0.2) is 11.5 Å². The van der Waals surface area contributed by atoms with Crippen molar-refractivity contribution < 1.29 is 14.3 Å². The monoisotopic (exact) mass is 336 g/mol. The van der Waals surface area contributed by atoms with Gasteiger partial charge in [-0.3, -0.25) is 9.78 Å². The summed E-state index contributed by atoms with van der Waals surface area (Å²) in [4.78, 5) is 18.6. The van der Waals surface area contributed by atoms with Gasteiger partial charge in [-0.25, -0.2) is 0 Å². The van der Waals surface area contributed by atoms with E-state index in [1.165, 1.54) is 0 Å². The molecular formula is C20H20N2O3. The fourth-order valence-electron chi connectivity index (χ4n) is 2.72. The van der Waals surface area contributed by atoms with Crippen LogP contribution in [-0.2, 0) is 4.79 Å². The van der Waals surface area contributed by atoms with Gasteiger partial charge < -0.3 is 14.4 Å². The summed E-state index contributed by atoms with van der Waals surface area (Å²) < 4.78 is 10.6. The molecule has 0 bridgehead atoms. The second-order valence-electron chi connectivity index (χ2n) is 5.79. The Kier molecular flexibility index (Phi) is 5.20. The predicted octanol–water partition coefficient (Wildman–Crippen LogP) is 3.16. The lowest BCUT2D eigenvalue weighted by molar-refractivity contribution is -0.126. The zero-order chi connectivity index (χ0) is 17.6. The number of pyridine rings is 1. The van der Waals surface area contributed by atoms with Crippen molar-refractivity contribution >= 4 is 5.91 Å². The van der Waals surface area contributed by atoms with E-state index < -0.39 is 0 Å². The Balaban J connectivity index is 1.75. The zero-order valence-corrected chi connectivity index (χ0v) is 14.4. The SMILES string of the molecule is CCC[C@H](c1ccccn1)N(C)C(=O)C#Cc1ccc2c(c1)OCO2. The molecule has 128 valence electrons. The van der Waals surface area contributed by atoms with Crippen LogP contribution in [0.4, 0.5) is 0 Å². The van der Waals surface area contributed by atoms with Crippen LogP contribution in [0.15, 0.2) is 42.6 Å². The molecule has 2 aromatic rings. The number of nitrogens with zero attached hydrogens (tertiary/aromatic N) is 2. The van der Waals surface area contributed by atoms with Gasteiger partial charge in [-0.1, -0.05) is 25.3 Å². The third kappa shape index (κ3) is 3.92. The van der Waals surface area contributed by atoms with Gasteiger partial charge in [-0.15, -0.1) is 0 Å². The van der Waals surface area contributed by atoms with Crippen molar-refractivity contribution in [2.45, 2.75) is 25.8 Å². The molecule has 0 radical (unpaired) electrons. The average Bonchev–Trinajstić information content (AvgIpc) is 3.12. The minimum absolute atomic E-state index is 0.0789. The summed E-state index contributed by atoms with van der Waals surface area (Å²) in [6.45, 7) is 2.31. The number of rotatable bonds is 4. The third-order valence-corrected chi connectivity index (χ3v) is 4.07. The van der Waals surface area contributed by atoms with Crippen LogP contribution in [0, 0.1) is 11.8 Å². The Morgan fingerprint density at radius 3 is 2.88 bits per heavy atom. The highest BCUT2D eigenvalue weighted by Gasteiger charge is 2.20. The van der Waals surface area contributed by atoms with Gasteiger partial charge in [0, 0.05) is 24.7 Å². The van der Waals surface area contributed by atoms with Gasteiger partial charge in [-0.05, 0) is 36.8 Å². The minimum Gasteiger partial charge on any atom is -0.454 e. The Bertz CT molecular complexity index is 809. The maximum Gasteiger partial charge on any atom is 0.299 e. The quantitative estimate of drug-likeness (QED) is 0.805. The highest BCUT2D eigenvalue weighted by molar-refractivity contribution is 5.94. The molecule has 0 N–H and O–H groups in total. The van der Waals surface area contributed by atoms with Crippen LogP contribution in [0.5, 0.6) is 11.5 Å². The third-order valence-electron chi connectivity index (χ3n) is 4.07. The molecule has 25 heavy (non-hydrogen) atoms. The average molecular weight is 336 g/mol. The van der Waals surface area contributed by atoms with Crippen LogP contribution in [0.1, 0.15) is 37.1 Å². The summed E-state index contributed by atoms with van der Waals surface area (Å²) >= 11 is 0. The van der Waals surface area contributed by atoms with E-state index in [1.54, 1.807) is 30.3 Å². The molecule has 1 aromatic heterocycles. The van der Waals surface area contributed by atoms with E-state index in [-0.39, 0.29) is 18.7 Å². The summed E-state index contributed by atoms with van der Waals surface area (Å²) in [5, 5.41) is 0. The molecule has 5 nitrogen and oxygen atoms in total. The van der Waals surface area contributed by atoms with Gasteiger partial charge in [0.1, 0.15) is 0 Å². The van der Waals surface area contributed by atoms with Gasteiger partial charge in [0.05, 0.1) is 11.7 Å². The zero-order valence-electron chi connectivity index (χ0n) is 14.4. The maximum atomic E-state index is 12.5. The number of hydrogen-bond donors (Lipinski definition) is 0. The lowest BCUT2D eigenvalue weighted by Crippen LogP contribution is -2.30. The first kappa shape index (κ1) is 16.8. The molecule has 2 heterocycles. The van der Waals surface area contributed by atoms with Gasteiger partial charge >= 0.3 is 0 Å². The normalized spacial score (nSPS) is 12.9. The molecule has 1 aliphatic rings. The molecular weight excluding hydrogens is 316 g/mol. The number of aromatic nitrogens is 1. The van der Waals surface area contributed by atoms with Crippen LogP contribution in [0.3, 0.4) is 0 Å². The van der Waals surface area contributed by atoms with E-state index in [9.17, 15) is 4.79 Å². The second-order valence-corrected chi connectivity index (χ2v) is 5.79. The predicted molar refractivity (Wildman–Crippen MR) is 94.1 cm³/mol. The van der Waals surface area contributed by atoms with E-state index in [0.717, 1.165) is 24.1 Å². The van der Waals surface area contributed by atoms with Gasteiger partial charge in [0.2, 0.25) is 6.79 Å². The molecule has 1 atom stereocenters. The Morgan fingerprint density at radius 1 is 1.28 bits per heavy atom. The summed E-state index contributed by atoms with van der Waals surface area (Å²) in [5.41, 5.74) is 1.60. The van der Waals surface area contributed by atoms with Crippen LogP contribution in [0.2, 0.25) is 0 Å². The molecule has 0 saturated carbocycles. The van der Waals surface area contributed by atoms with E-state index in [1.807, 2.05) is 24.3 Å². The summed E-state index contributed by atoms with van der Waals surface area (Å²) in [5.74, 6) is 6.74. The van der Waals surface area contributed by atoms with Crippen molar-refractivity contribution in [3.63, 3.8) is 0 Å². The number of amides is 1. The first-order valence-electron chi connectivity index (χ1n) is 8.28. The van der Waals surface area contributed by atoms with Gasteiger partial charge in [-0.2, -0.15) is 0 Å². The van der Waals surface area contributed by atoms with Crippen LogP contribution in [0.25, 0.3) is 0 Å². The Labute approximate surface area is 147 Å². The first-order valence-corrected chi connectivity index (χ1v) is 8.28. The molecule has 0 saturated heterocycles. The smallest absolute Gasteiger partial charge is 0.299 e. The van der Waals surface area contributed by atoms with E-state index in [0.29, 0.717) is 11.5 Å². The van der Waals surface area contributed by atoms with Crippen molar-refractivity contribution in [3.8, 4) is 23.3 Å². The van der Waals surface area contributed by atoms with Crippen LogP contribution >= 0.6 is 0 Å². The Hall–Kier alpha value is -3.00. The van der Waals surface area contributed by atoms with E-state index in [4.69, 9.17) is 9.47 Å². The number of fused-ring (bicyclic) bond motifs is 1. The van der Waals surface area contributed by atoms with Crippen molar-refractivity contribution in [1.29, 1.82) is 0 Å². The molecule has 1 aliphatic heterocycles. The number of carbonyl (C=O) groups is 1. The molecule has 0 spiro atoms. The lowest BCUT2D eigenvalue weighted by atomic mass is 10.1. The van der Waals surface area contributed by atoms with Crippen molar-refractivity contribution in [1.82, 2.24) is 9.88 Å². The van der Waals surface area contributed by atoms with Crippen LogP contribution < -0.4 is 9.47 Å². The maximum absolute atomic E-state index is 12.5. The largest absolute Gasteiger partial charge is 0.454 e. The molecule has 1 amide bonds. The molecule has 5 heteroatoms. The van der Waals surface area contributed by atoms with Crippen molar-refractivity contribution in [2.24, 2.45) is 0 Å². The lowest BCUT2D eigenvalue weighted by Gasteiger charge is -2.25. The number of ether oxygens (including phenoxy) is 2. The topological polar surface area (TPSA) is 51.7 Å². The van der Waals surface area contributed by atoms with Gasteiger partial charge in [0.25, 0.3) is 5.91 Å². The number of carbonyl (C=O) groups excluding carboxylic acids is 1. The Morgan fingerprint density at radius 2 is 2.12 bits per heavy atom. The van der Waals surface area contributed by atoms with E-state index >= 15 is 0 Å². The fourth-order valence-corrected chi connectivity index (χ4v) is 2.72. The molecule has 1 aromatic carbocycles. The second kappa shape index (κ2) is 7.71. The van der Waals surface area contributed by atoms with E-state index in [2.05, 4.69) is 23.7 Å². The highest BCUT2D eigenvalue weighted by Crippen LogP contribution is 2.32. The first-order chi connectivity index (χ1) is 12.2.